The highest BCUT2D eigenvalue weighted by molar-refractivity contribution is 14.1. The van der Waals surface area contributed by atoms with Crippen molar-refractivity contribution in [1.29, 1.82) is 0 Å². The van der Waals surface area contributed by atoms with E-state index in [4.69, 9.17) is 11.6 Å². The summed E-state index contributed by atoms with van der Waals surface area (Å²) in [7, 11) is 0. The molecule has 0 aliphatic heterocycles. The molecule has 1 atom stereocenters. The fourth-order valence-electron chi connectivity index (χ4n) is 2.18. The molecule has 23 heavy (non-hydrogen) atoms. The summed E-state index contributed by atoms with van der Waals surface area (Å²) in [5.41, 5.74) is 1.58. The zero-order chi connectivity index (χ0) is 16.8. The summed E-state index contributed by atoms with van der Waals surface area (Å²) < 4.78 is 1.08. The summed E-state index contributed by atoms with van der Waals surface area (Å²) in [6.45, 7) is 1.89. The number of Topliss-reactive ketones (excluding diaryl/α,β-unsaturated/α-hetero) is 1. The Bertz CT molecular complexity index is 700. The van der Waals surface area contributed by atoms with Gasteiger partial charge in [-0.2, -0.15) is 0 Å². The average Bonchev–Trinajstić information content (AvgIpc) is 2.53. The molecule has 0 aliphatic rings. The maximum atomic E-state index is 12.1. The lowest BCUT2D eigenvalue weighted by atomic mass is 10.1. The molecule has 0 fully saturated rings. The highest BCUT2D eigenvalue weighted by Crippen LogP contribution is 2.17. The van der Waals surface area contributed by atoms with E-state index in [0.29, 0.717) is 10.6 Å². The van der Waals surface area contributed by atoms with Crippen LogP contribution in [0.5, 0.6) is 0 Å². The number of hydrogen-bond acceptors (Lipinski definition) is 2. The van der Waals surface area contributed by atoms with E-state index < -0.39 is 0 Å². The molecule has 0 aromatic heterocycles. The van der Waals surface area contributed by atoms with Gasteiger partial charge in [-0.25, -0.2) is 0 Å². The van der Waals surface area contributed by atoms with Crippen molar-refractivity contribution in [2.45, 2.75) is 25.8 Å². The maximum Gasteiger partial charge on any atom is 0.220 e. The number of rotatable bonds is 6. The predicted molar refractivity (Wildman–Crippen MR) is 101 cm³/mol. The number of ketones is 1. The van der Waals surface area contributed by atoms with Crippen LogP contribution in [0.1, 0.15) is 41.7 Å². The monoisotopic (exact) mass is 441 g/mol. The van der Waals surface area contributed by atoms with Crippen molar-refractivity contribution in [3.05, 3.63) is 68.3 Å². The van der Waals surface area contributed by atoms with Gasteiger partial charge in [0, 0.05) is 27.0 Å². The topological polar surface area (TPSA) is 46.2 Å². The molecule has 0 heterocycles. The van der Waals surface area contributed by atoms with Gasteiger partial charge in [-0.05, 0) is 59.3 Å². The zero-order valence-electron chi connectivity index (χ0n) is 12.7. The van der Waals surface area contributed by atoms with Gasteiger partial charge in [0.2, 0.25) is 5.91 Å². The van der Waals surface area contributed by atoms with Crippen LogP contribution in [0.25, 0.3) is 0 Å². The SMILES string of the molecule is C[C@@H](NC(=O)CCC(=O)c1ccc(I)cc1)c1cccc(Cl)c1. The minimum Gasteiger partial charge on any atom is -0.350 e. The Morgan fingerprint density at radius 3 is 2.48 bits per heavy atom. The number of benzene rings is 2. The van der Waals surface area contributed by atoms with E-state index in [0.717, 1.165) is 9.13 Å². The van der Waals surface area contributed by atoms with Crippen molar-refractivity contribution in [3.8, 4) is 0 Å². The number of carbonyl (C=O) groups excluding carboxylic acids is 2. The minimum atomic E-state index is -0.144. The van der Waals surface area contributed by atoms with Gasteiger partial charge in [-0.3, -0.25) is 9.59 Å². The summed E-state index contributed by atoms with van der Waals surface area (Å²) in [6.07, 6.45) is 0.379. The van der Waals surface area contributed by atoms with Gasteiger partial charge < -0.3 is 5.32 Å². The fourth-order valence-corrected chi connectivity index (χ4v) is 2.74. The van der Waals surface area contributed by atoms with Crippen molar-refractivity contribution in [3.63, 3.8) is 0 Å². The Labute approximate surface area is 154 Å². The van der Waals surface area contributed by atoms with Gasteiger partial charge in [-0.15, -0.1) is 0 Å². The molecule has 2 aromatic rings. The summed E-state index contributed by atoms with van der Waals surface area (Å²) in [6, 6.07) is 14.6. The van der Waals surface area contributed by atoms with Crippen LogP contribution in [0.15, 0.2) is 48.5 Å². The first-order valence-corrected chi connectivity index (χ1v) is 8.75. The highest BCUT2D eigenvalue weighted by atomic mass is 127. The second kappa shape index (κ2) is 8.45. The number of hydrogen-bond donors (Lipinski definition) is 1. The molecule has 2 aromatic carbocycles. The van der Waals surface area contributed by atoms with Crippen molar-refractivity contribution in [1.82, 2.24) is 5.32 Å². The molecule has 1 amide bonds. The van der Waals surface area contributed by atoms with E-state index in [1.807, 2.05) is 37.3 Å². The van der Waals surface area contributed by atoms with Gasteiger partial charge in [0.15, 0.2) is 5.78 Å². The normalized spacial score (nSPS) is 11.8. The van der Waals surface area contributed by atoms with Crippen molar-refractivity contribution >= 4 is 45.9 Å². The molecule has 1 N–H and O–H groups in total. The molecule has 0 radical (unpaired) electrons. The first-order chi connectivity index (χ1) is 11.0. The summed E-state index contributed by atoms with van der Waals surface area (Å²) >= 11 is 8.14. The predicted octanol–water partition coefficient (Wildman–Crippen LogP) is 4.78. The lowest BCUT2D eigenvalue weighted by Gasteiger charge is -2.14. The quantitative estimate of drug-likeness (QED) is 0.518. The first-order valence-electron chi connectivity index (χ1n) is 7.29. The summed E-state index contributed by atoms with van der Waals surface area (Å²) in [5, 5.41) is 3.52. The van der Waals surface area contributed by atoms with E-state index in [2.05, 4.69) is 27.9 Å². The Balaban J connectivity index is 1.85. The zero-order valence-corrected chi connectivity index (χ0v) is 15.6. The van der Waals surface area contributed by atoms with E-state index in [1.165, 1.54) is 0 Å². The number of amides is 1. The molecule has 0 aliphatic carbocycles. The lowest BCUT2D eigenvalue weighted by molar-refractivity contribution is -0.121. The molecule has 0 saturated heterocycles. The van der Waals surface area contributed by atoms with Crippen LogP contribution in [0.3, 0.4) is 0 Å². The smallest absolute Gasteiger partial charge is 0.220 e. The molecule has 0 bridgehead atoms. The molecular formula is C18H17ClINO2. The van der Waals surface area contributed by atoms with Crippen LogP contribution in [-0.4, -0.2) is 11.7 Å². The van der Waals surface area contributed by atoms with Crippen LogP contribution in [0, 0.1) is 3.57 Å². The number of carbonyl (C=O) groups is 2. The Morgan fingerprint density at radius 1 is 1.13 bits per heavy atom. The largest absolute Gasteiger partial charge is 0.350 e. The van der Waals surface area contributed by atoms with E-state index in [-0.39, 0.29) is 30.6 Å². The van der Waals surface area contributed by atoms with Gasteiger partial charge in [0.1, 0.15) is 0 Å². The van der Waals surface area contributed by atoms with Crippen molar-refractivity contribution < 1.29 is 9.59 Å². The Morgan fingerprint density at radius 2 is 1.83 bits per heavy atom. The molecule has 5 heteroatoms. The van der Waals surface area contributed by atoms with E-state index >= 15 is 0 Å². The molecule has 0 saturated carbocycles. The number of halogens is 2. The second-order valence-electron chi connectivity index (χ2n) is 5.27. The lowest BCUT2D eigenvalue weighted by Crippen LogP contribution is -2.26. The average molecular weight is 442 g/mol. The van der Waals surface area contributed by atoms with Crippen molar-refractivity contribution in [2.75, 3.05) is 0 Å². The maximum absolute atomic E-state index is 12.1. The Hall–Kier alpha value is -1.40. The van der Waals surface area contributed by atoms with Crippen molar-refractivity contribution in [2.24, 2.45) is 0 Å². The van der Waals surface area contributed by atoms with Crippen LogP contribution in [0.2, 0.25) is 5.02 Å². The number of nitrogens with one attached hydrogen (secondary N) is 1. The highest BCUT2D eigenvalue weighted by Gasteiger charge is 2.12. The first kappa shape index (κ1) is 17.9. The molecule has 2 rings (SSSR count). The van der Waals surface area contributed by atoms with E-state index in [9.17, 15) is 9.59 Å². The molecule has 3 nitrogen and oxygen atoms in total. The summed E-state index contributed by atoms with van der Waals surface area (Å²) in [4.78, 5) is 24.1. The van der Waals surface area contributed by atoms with Gasteiger partial charge in [-0.1, -0.05) is 35.9 Å². The fraction of sp³-hybridized carbons (Fsp3) is 0.222. The van der Waals surface area contributed by atoms with Crippen LogP contribution in [-0.2, 0) is 4.79 Å². The Kier molecular flexibility index (Phi) is 6.59. The molecule has 120 valence electrons. The van der Waals surface area contributed by atoms with Crippen LogP contribution >= 0.6 is 34.2 Å². The van der Waals surface area contributed by atoms with Gasteiger partial charge in [0.05, 0.1) is 6.04 Å². The van der Waals surface area contributed by atoms with E-state index in [1.54, 1.807) is 18.2 Å². The van der Waals surface area contributed by atoms with Gasteiger partial charge >= 0.3 is 0 Å². The summed E-state index contributed by atoms with van der Waals surface area (Å²) in [5.74, 6) is -0.164. The van der Waals surface area contributed by atoms with Crippen LogP contribution in [0.4, 0.5) is 0 Å². The third-order valence-corrected chi connectivity index (χ3v) is 4.43. The minimum absolute atomic E-state index is 0.0213. The molecular weight excluding hydrogens is 425 g/mol. The molecule has 0 unspecified atom stereocenters. The van der Waals surface area contributed by atoms with Gasteiger partial charge in [0.25, 0.3) is 0 Å². The van der Waals surface area contributed by atoms with Crippen LogP contribution < -0.4 is 5.32 Å². The standard InChI is InChI=1S/C18H17ClINO2/c1-12(14-3-2-4-15(19)11-14)21-18(23)10-9-17(22)13-5-7-16(20)8-6-13/h2-8,11-12H,9-10H2,1H3,(H,21,23)/t12-/m1/s1. The third kappa shape index (κ3) is 5.62. The third-order valence-electron chi connectivity index (χ3n) is 3.47. The second-order valence-corrected chi connectivity index (χ2v) is 6.96. The molecule has 0 spiro atoms.